The molecule has 1 aliphatic heterocycles. The number of nitrogens with zero attached hydrogens (tertiary/aromatic N) is 3. The zero-order valence-corrected chi connectivity index (χ0v) is 17.0. The molecule has 1 amide bonds. The molecule has 0 fully saturated rings. The van der Waals surface area contributed by atoms with Gasteiger partial charge in [0.15, 0.2) is 0 Å². The summed E-state index contributed by atoms with van der Waals surface area (Å²) in [6.07, 6.45) is 1.23. The van der Waals surface area contributed by atoms with Crippen LogP contribution in [0.25, 0.3) is 0 Å². The van der Waals surface area contributed by atoms with E-state index in [0.29, 0.717) is 49.5 Å². The van der Waals surface area contributed by atoms with E-state index in [-0.39, 0.29) is 10.8 Å². The van der Waals surface area contributed by atoms with E-state index in [1.807, 2.05) is 20.8 Å². The van der Waals surface area contributed by atoms with E-state index in [0.717, 1.165) is 11.3 Å². The van der Waals surface area contributed by atoms with Crippen LogP contribution in [0.2, 0.25) is 0 Å². The van der Waals surface area contributed by atoms with Crippen LogP contribution in [-0.4, -0.2) is 43.4 Å². The van der Waals surface area contributed by atoms with Crippen LogP contribution < -0.4 is 4.90 Å². The Labute approximate surface area is 160 Å². The lowest BCUT2D eigenvalue weighted by atomic mass is 10.1. The molecule has 27 heavy (non-hydrogen) atoms. The maximum Gasteiger partial charge on any atom is 0.263 e. The summed E-state index contributed by atoms with van der Waals surface area (Å²) < 4.78 is 32.1. The molecule has 8 heteroatoms. The number of benzene rings is 1. The van der Waals surface area contributed by atoms with Crippen molar-refractivity contribution in [2.24, 2.45) is 0 Å². The van der Waals surface area contributed by atoms with Gasteiger partial charge in [0, 0.05) is 25.3 Å². The maximum atomic E-state index is 13.1. The van der Waals surface area contributed by atoms with Crippen LogP contribution >= 0.6 is 0 Å². The summed E-state index contributed by atoms with van der Waals surface area (Å²) in [6, 6.07) is 5.00. The molecule has 2 heterocycles. The number of rotatable bonds is 6. The molecule has 0 unspecified atom stereocenters. The van der Waals surface area contributed by atoms with E-state index in [1.165, 1.54) is 4.31 Å². The Morgan fingerprint density at radius 1 is 1.26 bits per heavy atom. The molecule has 0 atom stereocenters. The van der Waals surface area contributed by atoms with Gasteiger partial charge in [-0.05, 0) is 43.5 Å². The van der Waals surface area contributed by atoms with Gasteiger partial charge in [0.25, 0.3) is 5.91 Å². The number of amides is 1. The van der Waals surface area contributed by atoms with Gasteiger partial charge in [-0.2, -0.15) is 4.31 Å². The molecule has 0 aliphatic carbocycles. The number of aryl methyl sites for hydroxylation is 2. The van der Waals surface area contributed by atoms with E-state index < -0.39 is 10.0 Å². The molecule has 0 bridgehead atoms. The molecule has 0 saturated carbocycles. The van der Waals surface area contributed by atoms with E-state index in [2.05, 4.69) is 5.16 Å². The van der Waals surface area contributed by atoms with Gasteiger partial charge in [-0.25, -0.2) is 8.42 Å². The molecular weight excluding hydrogens is 366 g/mol. The lowest BCUT2D eigenvalue weighted by Gasteiger charge is -2.20. The van der Waals surface area contributed by atoms with Gasteiger partial charge in [0.05, 0.1) is 10.6 Å². The summed E-state index contributed by atoms with van der Waals surface area (Å²) in [4.78, 5) is 15.0. The average Bonchev–Trinajstić information content (AvgIpc) is 3.24. The fourth-order valence-corrected chi connectivity index (χ4v) is 5.04. The fourth-order valence-electron chi connectivity index (χ4n) is 3.53. The Bertz CT molecular complexity index is 961. The van der Waals surface area contributed by atoms with Gasteiger partial charge in [-0.3, -0.25) is 4.79 Å². The largest absolute Gasteiger partial charge is 0.361 e. The summed E-state index contributed by atoms with van der Waals surface area (Å²) in [5, 5.41) is 3.96. The number of sulfonamides is 1. The second-order valence-electron chi connectivity index (χ2n) is 6.50. The van der Waals surface area contributed by atoms with Gasteiger partial charge >= 0.3 is 0 Å². The Morgan fingerprint density at radius 2 is 1.96 bits per heavy atom. The van der Waals surface area contributed by atoms with Crippen molar-refractivity contribution in [1.82, 2.24) is 9.46 Å². The predicted molar refractivity (Wildman–Crippen MR) is 103 cm³/mol. The Hall–Kier alpha value is -2.19. The van der Waals surface area contributed by atoms with E-state index >= 15 is 0 Å². The molecule has 1 aromatic heterocycles. The van der Waals surface area contributed by atoms with Crippen molar-refractivity contribution < 1.29 is 17.7 Å². The number of carbonyl (C=O) groups is 1. The molecule has 7 nitrogen and oxygen atoms in total. The van der Waals surface area contributed by atoms with Crippen molar-refractivity contribution in [3.63, 3.8) is 0 Å². The highest BCUT2D eigenvalue weighted by molar-refractivity contribution is 7.89. The monoisotopic (exact) mass is 391 g/mol. The smallest absolute Gasteiger partial charge is 0.263 e. The Balaban J connectivity index is 1.95. The highest BCUT2D eigenvalue weighted by Gasteiger charge is 2.31. The first-order chi connectivity index (χ1) is 12.8. The summed E-state index contributed by atoms with van der Waals surface area (Å²) in [5.41, 5.74) is 2.77. The van der Waals surface area contributed by atoms with Crippen molar-refractivity contribution in [2.75, 3.05) is 24.5 Å². The first-order valence-corrected chi connectivity index (χ1v) is 10.7. The first kappa shape index (κ1) is 19.6. The lowest BCUT2D eigenvalue weighted by molar-refractivity contribution is 0.0987. The van der Waals surface area contributed by atoms with Crippen LogP contribution in [0.15, 0.2) is 27.6 Å². The average molecular weight is 391 g/mol. The molecule has 0 N–H and O–H groups in total. The van der Waals surface area contributed by atoms with E-state index in [9.17, 15) is 13.2 Å². The topological polar surface area (TPSA) is 83.7 Å². The Morgan fingerprint density at radius 3 is 2.59 bits per heavy atom. The van der Waals surface area contributed by atoms with Crippen LogP contribution in [0, 0.1) is 6.92 Å². The minimum Gasteiger partial charge on any atom is -0.361 e. The SMILES string of the molecule is CCc1noc(C)c1C(=O)N1CCc2cc(S(=O)(=O)N(CC)CC)ccc21. The van der Waals surface area contributed by atoms with E-state index in [4.69, 9.17) is 4.52 Å². The normalized spacial score (nSPS) is 14.0. The lowest BCUT2D eigenvalue weighted by Crippen LogP contribution is -2.31. The van der Waals surface area contributed by atoms with Crippen LogP contribution in [0.3, 0.4) is 0 Å². The van der Waals surface area contributed by atoms with Gasteiger partial charge in [-0.15, -0.1) is 0 Å². The Kier molecular flexibility index (Phi) is 5.39. The number of hydrogen-bond donors (Lipinski definition) is 0. The van der Waals surface area contributed by atoms with Crippen LogP contribution in [0.4, 0.5) is 5.69 Å². The van der Waals surface area contributed by atoms with Gasteiger partial charge in [-0.1, -0.05) is 25.9 Å². The van der Waals surface area contributed by atoms with E-state index in [1.54, 1.807) is 30.0 Å². The van der Waals surface area contributed by atoms with Crippen LogP contribution in [0.5, 0.6) is 0 Å². The summed E-state index contributed by atoms with van der Waals surface area (Å²) in [7, 11) is -3.52. The maximum absolute atomic E-state index is 13.1. The summed E-state index contributed by atoms with van der Waals surface area (Å²) in [6.45, 7) is 8.66. The molecule has 146 valence electrons. The summed E-state index contributed by atoms with van der Waals surface area (Å²) in [5.74, 6) is 0.356. The fraction of sp³-hybridized carbons (Fsp3) is 0.474. The van der Waals surface area contributed by atoms with Gasteiger partial charge in [0.1, 0.15) is 11.3 Å². The molecule has 0 radical (unpaired) electrons. The first-order valence-electron chi connectivity index (χ1n) is 9.25. The second kappa shape index (κ2) is 7.44. The van der Waals surface area contributed by atoms with Crippen molar-refractivity contribution in [3.05, 3.63) is 40.8 Å². The minimum atomic E-state index is -3.52. The van der Waals surface area contributed by atoms with Gasteiger partial charge in [0.2, 0.25) is 10.0 Å². The predicted octanol–water partition coefficient (Wildman–Crippen LogP) is 2.78. The zero-order valence-electron chi connectivity index (χ0n) is 16.2. The number of hydrogen-bond acceptors (Lipinski definition) is 5. The van der Waals surface area contributed by atoms with Crippen molar-refractivity contribution in [1.29, 1.82) is 0 Å². The quantitative estimate of drug-likeness (QED) is 0.756. The van der Waals surface area contributed by atoms with Crippen LogP contribution in [0.1, 0.15) is 48.1 Å². The number of anilines is 1. The highest BCUT2D eigenvalue weighted by Crippen LogP contribution is 2.33. The standard InChI is InChI=1S/C19H25N3O4S/c1-5-16-18(13(4)26-20-16)19(23)22-11-10-14-12-15(8-9-17(14)22)27(24,25)21(6-2)7-3/h8-9,12H,5-7,10-11H2,1-4H3. The third-order valence-electron chi connectivity index (χ3n) is 5.02. The van der Waals surface area contributed by atoms with Crippen molar-refractivity contribution >= 4 is 21.6 Å². The molecular formula is C19H25N3O4S. The zero-order chi connectivity index (χ0) is 19.8. The third kappa shape index (κ3) is 3.27. The molecule has 2 aromatic rings. The number of fused-ring (bicyclic) bond motifs is 1. The van der Waals surface area contributed by atoms with Gasteiger partial charge < -0.3 is 9.42 Å². The summed E-state index contributed by atoms with van der Waals surface area (Å²) >= 11 is 0. The molecule has 0 spiro atoms. The van der Waals surface area contributed by atoms with Crippen molar-refractivity contribution in [3.8, 4) is 0 Å². The number of carbonyl (C=O) groups excluding carboxylic acids is 1. The third-order valence-corrected chi connectivity index (χ3v) is 7.06. The van der Waals surface area contributed by atoms with Crippen molar-refractivity contribution in [2.45, 2.75) is 45.4 Å². The second-order valence-corrected chi connectivity index (χ2v) is 8.44. The molecule has 1 aliphatic rings. The highest BCUT2D eigenvalue weighted by atomic mass is 32.2. The van der Waals surface area contributed by atoms with Crippen LogP contribution in [-0.2, 0) is 22.9 Å². The molecule has 3 rings (SSSR count). The molecule has 1 aromatic carbocycles. The molecule has 0 saturated heterocycles. The number of aromatic nitrogens is 1. The minimum absolute atomic E-state index is 0.149.